The van der Waals surface area contributed by atoms with E-state index in [9.17, 15) is 0 Å². The monoisotopic (exact) mass is 311 g/mol. The van der Waals surface area contributed by atoms with Gasteiger partial charge in [-0.25, -0.2) is 4.98 Å². The number of nitrogens with zero attached hydrogens (tertiary/aromatic N) is 1. The van der Waals surface area contributed by atoms with Gasteiger partial charge in [-0.1, -0.05) is 18.2 Å². The molecule has 0 aliphatic rings. The average molecular weight is 311 g/mol. The molecule has 0 saturated heterocycles. The van der Waals surface area contributed by atoms with Crippen LogP contribution >= 0.6 is 12.2 Å². The number of aryl methyl sites for hydroxylation is 2. The molecular weight excluding hydrogens is 294 g/mol. The number of nitrogens with one attached hydrogen (secondary N) is 4. The number of rotatable bonds is 3. The van der Waals surface area contributed by atoms with Crippen LogP contribution in [0.25, 0.3) is 11.0 Å². The van der Waals surface area contributed by atoms with E-state index >= 15 is 0 Å². The zero-order valence-corrected chi connectivity index (χ0v) is 13.2. The molecule has 0 aliphatic carbocycles. The number of anilines is 2. The number of thiocarbonyl (C=S) groups is 1. The van der Waals surface area contributed by atoms with Crippen molar-refractivity contribution in [3.05, 3.63) is 53.6 Å². The number of hydrazine groups is 1. The molecule has 0 unspecified atom stereocenters. The molecule has 1 heterocycles. The van der Waals surface area contributed by atoms with E-state index < -0.39 is 0 Å². The summed E-state index contributed by atoms with van der Waals surface area (Å²) in [5.74, 6) is 0.616. The third-order valence-corrected chi connectivity index (χ3v) is 3.37. The molecular formula is C16H17N5S. The lowest BCUT2D eigenvalue weighted by Gasteiger charge is -2.12. The fourth-order valence-electron chi connectivity index (χ4n) is 2.34. The van der Waals surface area contributed by atoms with Gasteiger partial charge in [-0.15, -0.1) is 0 Å². The molecule has 0 aliphatic heterocycles. The van der Waals surface area contributed by atoms with Crippen molar-refractivity contribution in [3.63, 3.8) is 0 Å². The Kier molecular flexibility index (Phi) is 3.93. The first-order chi connectivity index (χ1) is 10.6. The summed E-state index contributed by atoms with van der Waals surface area (Å²) >= 11 is 5.28. The van der Waals surface area contributed by atoms with Gasteiger partial charge in [0, 0.05) is 5.69 Å². The molecule has 0 spiro atoms. The molecule has 0 radical (unpaired) electrons. The Morgan fingerprint density at radius 2 is 1.82 bits per heavy atom. The van der Waals surface area contributed by atoms with Crippen LogP contribution in [0, 0.1) is 13.8 Å². The third kappa shape index (κ3) is 3.35. The highest BCUT2D eigenvalue weighted by Gasteiger charge is 2.03. The molecule has 0 atom stereocenters. The minimum atomic E-state index is 0.477. The number of hydrogen-bond donors (Lipinski definition) is 4. The maximum absolute atomic E-state index is 5.28. The van der Waals surface area contributed by atoms with E-state index in [1.165, 1.54) is 11.1 Å². The van der Waals surface area contributed by atoms with Gasteiger partial charge < -0.3 is 10.3 Å². The van der Waals surface area contributed by atoms with Crippen LogP contribution in [0.15, 0.2) is 42.5 Å². The molecule has 2 aromatic carbocycles. The number of hydrogen-bond acceptors (Lipinski definition) is 3. The van der Waals surface area contributed by atoms with Crippen molar-refractivity contribution in [2.24, 2.45) is 0 Å². The number of H-pyrrole nitrogens is 1. The molecule has 3 rings (SSSR count). The van der Waals surface area contributed by atoms with Crippen molar-refractivity contribution >= 4 is 40.0 Å². The molecule has 4 N–H and O–H groups in total. The third-order valence-electron chi connectivity index (χ3n) is 3.16. The zero-order chi connectivity index (χ0) is 15.5. The standard InChI is InChI=1S/C16H17N5S/c1-10-7-11(2)9-12(8-10)17-16(22)21-20-15-18-13-5-3-4-6-14(13)19-15/h3-9H,1-2H3,(H2,17,21,22)(H2,18,19,20). The summed E-state index contributed by atoms with van der Waals surface area (Å²) < 4.78 is 0. The van der Waals surface area contributed by atoms with Crippen molar-refractivity contribution in [2.45, 2.75) is 13.8 Å². The molecule has 1 aromatic heterocycles. The summed E-state index contributed by atoms with van der Waals surface area (Å²) in [6.07, 6.45) is 0. The van der Waals surface area contributed by atoms with Crippen molar-refractivity contribution in [1.29, 1.82) is 0 Å². The number of fused-ring (bicyclic) bond motifs is 1. The highest BCUT2D eigenvalue weighted by atomic mass is 32.1. The van der Waals surface area contributed by atoms with E-state index in [4.69, 9.17) is 12.2 Å². The summed E-state index contributed by atoms with van der Waals surface area (Å²) in [5.41, 5.74) is 11.1. The maximum atomic E-state index is 5.28. The Balaban J connectivity index is 1.62. The van der Waals surface area contributed by atoms with Crippen molar-refractivity contribution in [1.82, 2.24) is 15.4 Å². The molecule has 0 saturated carbocycles. The van der Waals surface area contributed by atoms with Gasteiger partial charge >= 0.3 is 0 Å². The lowest BCUT2D eigenvalue weighted by molar-refractivity contribution is 1.08. The normalized spacial score (nSPS) is 10.5. The molecule has 112 valence electrons. The second-order valence-corrected chi connectivity index (χ2v) is 5.59. The topological polar surface area (TPSA) is 64.8 Å². The summed E-state index contributed by atoms with van der Waals surface area (Å²) in [6.45, 7) is 4.11. The van der Waals surface area contributed by atoms with Crippen LogP contribution in [-0.4, -0.2) is 15.1 Å². The highest BCUT2D eigenvalue weighted by molar-refractivity contribution is 7.80. The highest BCUT2D eigenvalue weighted by Crippen LogP contribution is 2.14. The zero-order valence-electron chi connectivity index (χ0n) is 12.4. The lowest BCUT2D eigenvalue weighted by atomic mass is 10.1. The summed E-state index contributed by atoms with van der Waals surface area (Å²) in [6, 6.07) is 14.0. The second kappa shape index (κ2) is 6.03. The fraction of sp³-hybridized carbons (Fsp3) is 0.125. The van der Waals surface area contributed by atoms with Gasteiger partial charge in [0.1, 0.15) is 0 Å². The van der Waals surface area contributed by atoms with Crippen molar-refractivity contribution in [3.8, 4) is 0 Å². The SMILES string of the molecule is Cc1cc(C)cc(NC(=S)NNc2nc3ccccc3[nH]2)c1. The Hall–Kier alpha value is -2.60. The average Bonchev–Trinajstić information content (AvgIpc) is 2.87. The number of benzene rings is 2. The first-order valence-corrected chi connectivity index (χ1v) is 7.37. The number of aromatic nitrogens is 2. The Labute approximate surface area is 134 Å². The van der Waals surface area contributed by atoms with E-state index in [2.05, 4.69) is 46.1 Å². The van der Waals surface area contributed by atoms with E-state index in [1.807, 2.05) is 36.4 Å². The quantitative estimate of drug-likeness (QED) is 0.440. The molecule has 5 nitrogen and oxygen atoms in total. The van der Waals surface area contributed by atoms with Gasteiger partial charge in [-0.2, -0.15) is 0 Å². The minimum absolute atomic E-state index is 0.477. The summed E-state index contributed by atoms with van der Waals surface area (Å²) in [5, 5.41) is 3.62. The molecule has 6 heteroatoms. The van der Waals surface area contributed by atoms with Gasteiger partial charge in [0.25, 0.3) is 0 Å². The van der Waals surface area contributed by atoms with Gasteiger partial charge in [0.15, 0.2) is 5.11 Å². The smallest absolute Gasteiger partial charge is 0.220 e. The van der Waals surface area contributed by atoms with E-state index in [-0.39, 0.29) is 0 Å². The van der Waals surface area contributed by atoms with E-state index in [0.29, 0.717) is 11.1 Å². The predicted octanol–water partition coefficient (Wildman–Crippen LogP) is 3.49. The molecule has 22 heavy (non-hydrogen) atoms. The maximum Gasteiger partial charge on any atom is 0.220 e. The lowest BCUT2D eigenvalue weighted by Crippen LogP contribution is -2.33. The molecule has 3 aromatic rings. The van der Waals surface area contributed by atoms with Crippen LogP contribution < -0.4 is 16.2 Å². The minimum Gasteiger partial charge on any atom is -0.331 e. The number of imidazole rings is 1. The van der Waals surface area contributed by atoms with Crippen LogP contribution in [0.5, 0.6) is 0 Å². The van der Waals surface area contributed by atoms with Crippen LogP contribution in [0.2, 0.25) is 0 Å². The van der Waals surface area contributed by atoms with Crippen molar-refractivity contribution < 1.29 is 0 Å². The first kappa shape index (κ1) is 14.3. The van der Waals surface area contributed by atoms with Crippen LogP contribution in [0.3, 0.4) is 0 Å². The summed E-state index contributed by atoms with van der Waals surface area (Å²) in [7, 11) is 0. The largest absolute Gasteiger partial charge is 0.331 e. The van der Waals surface area contributed by atoms with Crippen LogP contribution in [0.1, 0.15) is 11.1 Å². The van der Waals surface area contributed by atoms with Crippen molar-refractivity contribution in [2.75, 3.05) is 10.7 Å². The second-order valence-electron chi connectivity index (χ2n) is 5.18. The number of aromatic amines is 1. The van der Waals surface area contributed by atoms with Gasteiger partial charge in [-0.05, 0) is 61.5 Å². The van der Waals surface area contributed by atoms with E-state index in [1.54, 1.807) is 0 Å². The fourth-order valence-corrected chi connectivity index (χ4v) is 2.51. The predicted molar refractivity (Wildman–Crippen MR) is 95.0 cm³/mol. The van der Waals surface area contributed by atoms with Gasteiger partial charge in [-0.3, -0.25) is 10.9 Å². The molecule has 0 amide bonds. The Bertz CT molecular complexity index is 771. The van der Waals surface area contributed by atoms with Crippen LogP contribution in [-0.2, 0) is 0 Å². The Morgan fingerprint density at radius 1 is 1.09 bits per heavy atom. The van der Waals surface area contributed by atoms with Crippen LogP contribution in [0.4, 0.5) is 11.6 Å². The number of para-hydroxylation sites is 2. The first-order valence-electron chi connectivity index (χ1n) is 6.96. The Morgan fingerprint density at radius 3 is 2.55 bits per heavy atom. The van der Waals surface area contributed by atoms with Gasteiger partial charge in [0.2, 0.25) is 5.95 Å². The molecule has 0 fully saturated rings. The molecule has 0 bridgehead atoms. The van der Waals surface area contributed by atoms with E-state index in [0.717, 1.165) is 16.7 Å². The summed E-state index contributed by atoms with van der Waals surface area (Å²) in [4.78, 5) is 7.56. The van der Waals surface area contributed by atoms with Gasteiger partial charge in [0.05, 0.1) is 11.0 Å².